The van der Waals surface area contributed by atoms with Gasteiger partial charge in [-0.2, -0.15) is 0 Å². The second-order valence-electron chi connectivity index (χ2n) is 6.67. The highest BCUT2D eigenvalue weighted by Crippen LogP contribution is 2.38. The Hall–Kier alpha value is -1.51. The molecule has 3 nitrogen and oxygen atoms in total. The van der Waals surface area contributed by atoms with Crippen molar-refractivity contribution in [3.8, 4) is 0 Å². The first-order valence-electron chi connectivity index (χ1n) is 7.03. The fraction of sp³-hybridized carbons (Fsp3) is 0.562. The number of nitrogens with one attached hydrogen (secondary N) is 1. The van der Waals surface area contributed by atoms with Gasteiger partial charge in [-0.05, 0) is 42.7 Å². The zero-order chi connectivity index (χ0) is 14.0. The fourth-order valence-electron chi connectivity index (χ4n) is 3.42. The van der Waals surface area contributed by atoms with Crippen molar-refractivity contribution in [3.05, 3.63) is 29.8 Å². The molecule has 1 aromatic carbocycles. The topological polar surface area (TPSA) is 55.1 Å². The molecule has 19 heavy (non-hydrogen) atoms. The number of carbonyl (C=O) groups excluding carboxylic acids is 1. The molecular weight excluding hydrogens is 236 g/mol. The fourth-order valence-corrected chi connectivity index (χ4v) is 3.42. The summed E-state index contributed by atoms with van der Waals surface area (Å²) >= 11 is 0. The van der Waals surface area contributed by atoms with Gasteiger partial charge in [-0.25, -0.2) is 0 Å². The summed E-state index contributed by atoms with van der Waals surface area (Å²) in [6, 6.07) is 7.49. The van der Waals surface area contributed by atoms with E-state index in [0.29, 0.717) is 22.6 Å². The predicted molar refractivity (Wildman–Crippen MR) is 78.9 cm³/mol. The summed E-state index contributed by atoms with van der Waals surface area (Å²) in [6.45, 7) is 6.81. The number of rotatable bonds is 2. The number of hydrogen-bond donors (Lipinski definition) is 2. The van der Waals surface area contributed by atoms with Crippen molar-refractivity contribution in [3.63, 3.8) is 0 Å². The predicted octanol–water partition coefficient (Wildman–Crippen LogP) is 3.21. The third-order valence-electron chi connectivity index (χ3n) is 3.93. The van der Waals surface area contributed by atoms with Crippen LogP contribution in [0.2, 0.25) is 0 Å². The smallest absolute Gasteiger partial charge is 0.253 e. The maximum atomic E-state index is 12.3. The molecule has 1 aliphatic rings. The lowest BCUT2D eigenvalue weighted by atomic mass is 9.70. The van der Waals surface area contributed by atoms with Crippen molar-refractivity contribution in [1.82, 2.24) is 5.32 Å². The Morgan fingerprint density at radius 1 is 1.32 bits per heavy atom. The summed E-state index contributed by atoms with van der Waals surface area (Å²) in [5.74, 6) is 0.607. The molecule has 2 atom stereocenters. The van der Waals surface area contributed by atoms with Crippen molar-refractivity contribution in [2.24, 2.45) is 11.3 Å². The average molecular weight is 260 g/mol. The minimum atomic E-state index is -0.0481. The van der Waals surface area contributed by atoms with Gasteiger partial charge in [0, 0.05) is 11.7 Å². The Balaban J connectivity index is 2.05. The van der Waals surface area contributed by atoms with E-state index in [-0.39, 0.29) is 11.9 Å². The molecule has 0 heterocycles. The van der Waals surface area contributed by atoms with Crippen LogP contribution in [-0.2, 0) is 0 Å². The maximum absolute atomic E-state index is 12.3. The van der Waals surface area contributed by atoms with E-state index in [9.17, 15) is 4.79 Å². The molecule has 1 saturated carbocycles. The number of nitrogens with two attached hydrogens (primary N) is 1. The van der Waals surface area contributed by atoms with Gasteiger partial charge in [-0.1, -0.05) is 32.9 Å². The summed E-state index contributed by atoms with van der Waals surface area (Å²) in [5.41, 5.74) is 7.28. The van der Waals surface area contributed by atoms with Crippen molar-refractivity contribution in [2.45, 2.75) is 46.1 Å². The molecule has 0 bridgehead atoms. The maximum Gasteiger partial charge on any atom is 0.253 e. The SMILES string of the molecule is C[C@H]1C[C@H](NC(=O)c2ccccc2N)CC(C)(C)C1. The van der Waals surface area contributed by atoms with Gasteiger partial charge in [0.15, 0.2) is 0 Å². The molecule has 1 amide bonds. The number of anilines is 1. The molecule has 2 rings (SSSR count). The number of carbonyl (C=O) groups is 1. The van der Waals surface area contributed by atoms with E-state index < -0.39 is 0 Å². The van der Waals surface area contributed by atoms with Gasteiger partial charge < -0.3 is 11.1 Å². The lowest BCUT2D eigenvalue weighted by Crippen LogP contribution is -2.43. The molecule has 1 aliphatic carbocycles. The van der Waals surface area contributed by atoms with Gasteiger partial charge in [0.1, 0.15) is 0 Å². The van der Waals surface area contributed by atoms with Crippen LogP contribution in [0.4, 0.5) is 5.69 Å². The Labute approximate surface area is 115 Å². The number of benzene rings is 1. The largest absolute Gasteiger partial charge is 0.398 e. The molecule has 0 unspecified atom stereocenters. The molecular formula is C16H24N2O. The van der Waals surface area contributed by atoms with Gasteiger partial charge in [0.05, 0.1) is 5.56 Å². The summed E-state index contributed by atoms with van der Waals surface area (Å²) in [7, 11) is 0. The van der Waals surface area contributed by atoms with Gasteiger partial charge in [0.2, 0.25) is 0 Å². The standard InChI is InChI=1S/C16H24N2O/c1-11-8-12(10-16(2,3)9-11)18-15(19)13-6-4-5-7-14(13)17/h4-7,11-12H,8-10,17H2,1-3H3,(H,18,19)/t11-,12-/m0/s1. The van der Waals surface area contributed by atoms with Gasteiger partial charge >= 0.3 is 0 Å². The van der Waals surface area contributed by atoms with E-state index in [2.05, 4.69) is 26.1 Å². The van der Waals surface area contributed by atoms with E-state index in [0.717, 1.165) is 12.8 Å². The van der Waals surface area contributed by atoms with Crippen LogP contribution in [0.3, 0.4) is 0 Å². The minimum Gasteiger partial charge on any atom is -0.398 e. The second-order valence-corrected chi connectivity index (χ2v) is 6.67. The minimum absolute atomic E-state index is 0.0481. The first-order chi connectivity index (χ1) is 8.87. The highest BCUT2D eigenvalue weighted by Gasteiger charge is 2.32. The number of nitrogen functional groups attached to an aromatic ring is 1. The first kappa shape index (κ1) is 13.9. The van der Waals surface area contributed by atoms with Crippen LogP contribution >= 0.6 is 0 Å². The van der Waals surface area contributed by atoms with Gasteiger partial charge in [-0.15, -0.1) is 0 Å². The molecule has 0 aromatic heterocycles. The van der Waals surface area contributed by atoms with Crippen LogP contribution in [-0.4, -0.2) is 11.9 Å². The van der Waals surface area contributed by atoms with Crippen molar-refractivity contribution < 1.29 is 4.79 Å². The van der Waals surface area contributed by atoms with E-state index >= 15 is 0 Å². The van der Waals surface area contributed by atoms with Crippen molar-refractivity contribution in [2.75, 3.05) is 5.73 Å². The van der Waals surface area contributed by atoms with E-state index in [1.165, 1.54) is 6.42 Å². The Morgan fingerprint density at radius 3 is 2.63 bits per heavy atom. The molecule has 3 heteroatoms. The van der Waals surface area contributed by atoms with Crippen LogP contribution in [0.1, 0.15) is 50.4 Å². The summed E-state index contributed by atoms with van der Waals surface area (Å²) in [5, 5.41) is 3.14. The Kier molecular flexibility index (Phi) is 3.83. The molecule has 104 valence electrons. The van der Waals surface area contributed by atoms with E-state index in [4.69, 9.17) is 5.73 Å². The van der Waals surface area contributed by atoms with E-state index in [1.807, 2.05) is 12.1 Å². The normalized spacial score (nSPS) is 25.8. The lowest BCUT2D eigenvalue weighted by Gasteiger charge is -2.39. The van der Waals surface area contributed by atoms with Crippen LogP contribution < -0.4 is 11.1 Å². The average Bonchev–Trinajstić information content (AvgIpc) is 2.26. The molecule has 3 N–H and O–H groups in total. The molecule has 1 aromatic rings. The summed E-state index contributed by atoms with van der Waals surface area (Å²) < 4.78 is 0. The number of amides is 1. The van der Waals surface area contributed by atoms with Crippen molar-refractivity contribution in [1.29, 1.82) is 0 Å². The van der Waals surface area contributed by atoms with Crippen LogP contribution in [0.5, 0.6) is 0 Å². The highest BCUT2D eigenvalue weighted by molar-refractivity contribution is 5.99. The Morgan fingerprint density at radius 2 is 2.00 bits per heavy atom. The first-order valence-corrected chi connectivity index (χ1v) is 7.03. The van der Waals surface area contributed by atoms with Crippen molar-refractivity contribution >= 4 is 11.6 Å². The molecule has 1 fully saturated rings. The quantitative estimate of drug-likeness (QED) is 0.802. The number of hydrogen-bond acceptors (Lipinski definition) is 2. The molecule has 0 spiro atoms. The summed E-state index contributed by atoms with van der Waals surface area (Å²) in [6.07, 6.45) is 3.32. The third kappa shape index (κ3) is 3.49. The van der Waals surface area contributed by atoms with Gasteiger partial charge in [0.25, 0.3) is 5.91 Å². The highest BCUT2D eigenvalue weighted by atomic mass is 16.1. The second kappa shape index (κ2) is 5.24. The zero-order valence-electron chi connectivity index (χ0n) is 12.1. The van der Waals surface area contributed by atoms with Crippen LogP contribution in [0.15, 0.2) is 24.3 Å². The lowest BCUT2D eigenvalue weighted by molar-refractivity contribution is 0.0875. The molecule has 0 radical (unpaired) electrons. The third-order valence-corrected chi connectivity index (χ3v) is 3.93. The van der Waals surface area contributed by atoms with E-state index in [1.54, 1.807) is 12.1 Å². The Bertz CT molecular complexity index is 468. The summed E-state index contributed by atoms with van der Waals surface area (Å²) in [4.78, 5) is 12.3. The van der Waals surface area contributed by atoms with Gasteiger partial charge in [-0.3, -0.25) is 4.79 Å². The molecule has 0 aliphatic heterocycles. The number of para-hydroxylation sites is 1. The van der Waals surface area contributed by atoms with Crippen LogP contribution in [0.25, 0.3) is 0 Å². The zero-order valence-corrected chi connectivity index (χ0v) is 12.1. The monoisotopic (exact) mass is 260 g/mol. The molecule has 0 saturated heterocycles. The van der Waals surface area contributed by atoms with Crippen LogP contribution in [0, 0.1) is 11.3 Å².